The quantitative estimate of drug-likeness (QED) is 0.461. The van der Waals surface area contributed by atoms with E-state index in [-0.39, 0.29) is 12.3 Å². The lowest BCUT2D eigenvalue weighted by molar-refractivity contribution is -0.384. The molecule has 5 heteroatoms. The van der Waals surface area contributed by atoms with E-state index in [0.29, 0.717) is 5.56 Å². The van der Waals surface area contributed by atoms with Gasteiger partial charge in [-0.05, 0) is 23.1 Å². The van der Waals surface area contributed by atoms with E-state index < -0.39 is 4.92 Å². The molecule has 0 bridgehead atoms. The molecule has 2 aromatic carbocycles. The second kappa shape index (κ2) is 7.19. The number of hydrogen-bond acceptors (Lipinski definition) is 4. The smallest absolute Gasteiger partial charge is 0.269 e. The highest BCUT2D eigenvalue weighted by Gasteiger charge is 2.05. The number of nitro benzene ring substituents is 1. The molecular formula is C16H16N2O3. The Morgan fingerprint density at radius 3 is 2.62 bits per heavy atom. The molecule has 0 aliphatic rings. The van der Waals surface area contributed by atoms with Crippen LogP contribution in [0.1, 0.15) is 23.6 Å². The van der Waals surface area contributed by atoms with Crippen LogP contribution in [0.3, 0.4) is 0 Å². The summed E-state index contributed by atoms with van der Waals surface area (Å²) in [4.78, 5) is 15.4. The molecule has 0 saturated heterocycles. The predicted molar refractivity (Wildman–Crippen MR) is 81.3 cm³/mol. The van der Waals surface area contributed by atoms with E-state index in [9.17, 15) is 10.1 Å². The first-order valence-corrected chi connectivity index (χ1v) is 6.66. The zero-order valence-electron chi connectivity index (χ0n) is 11.7. The van der Waals surface area contributed by atoms with Crippen molar-refractivity contribution in [3.05, 3.63) is 75.3 Å². The molecule has 0 saturated carbocycles. The second-order valence-corrected chi connectivity index (χ2v) is 4.53. The second-order valence-electron chi connectivity index (χ2n) is 4.53. The summed E-state index contributed by atoms with van der Waals surface area (Å²) < 4.78 is 0. The summed E-state index contributed by atoms with van der Waals surface area (Å²) in [6.07, 6.45) is 2.62. The summed E-state index contributed by atoms with van der Waals surface area (Å²) >= 11 is 0. The van der Waals surface area contributed by atoms with Crippen molar-refractivity contribution in [3.63, 3.8) is 0 Å². The number of nitrogens with zero attached hydrogens (tertiary/aromatic N) is 2. The fraction of sp³-hybridized carbons (Fsp3) is 0.188. The highest BCUT2D eigenvalue weighted by atomic mass is 16.6. The number of nitro groups is 1. The summed E-state index contributed by atoms with van der Waals surface area (Å²) in [6.45, 7) is 2.30. The van der Waals surface area contributed by atoms with Crippen molar-refractivity contribution in [2.24, 2.45) is 5.16 Å². The monoisotopic (exact) mass is 284 g/mol. The van der Waals surface area contributed by atoms with Crippen LogP contribution in [0.25, 0.3) is 0 Å². The maximum Gasteiger partial charge on any atom is 0.269 e. The maximum absolute atomic E-state index is 10.7. The largest absolute Gasteiger partial charge is 0.391 e. The number of hydrogen-bond donors (Lipinski definition) is 0. The summed E-state index contributed by atoms with van der Waals surface area (Å²) in [7, 11) is 0. The van der Waals surface area contributed by atoms with Crippen molar-refractivity contribution in [2.45, 2.75) is 20.0 Å². The molecule has 5 nitrogen and oxygen atoms in total. The summed E-state index contributed by atoms with van der Waals surface area (Å²) in [6, 6.07) is 14.3. The average Bonchev–Trinajstić information content (AvgIpc) is 2.52. The van der Waals surface area contributed by atoms with Crippen LogP contribution in [-0.2, 0) is 17.9 Å². The number of aryl methyl sites for hydroxylation is 1. The van der Waals surface area contributed by atoms with Gasteiger partial charge >= 0.3 is 0 Å². The zero-order chi connectivity index (χ0) is 15.1. The molecule has 0 aliphatic carbocycles. The minimum atomic E-state index is -0.429. The van der Waals surface area contributed by atoms with Crippen molar-refractivity contribution < 1.29 is 9.76 Å². The van der Waals surface area contributed by atoms with Crippen LogP contribution in [0.5, 0.6) is 0 Å². The Kier molecular flexibility index (Phi) is 5.04. The molecule has 0 aromatic heterocycles. The number of oxime groups is 1. The van der Waals surface area contributed by atoms with E-state index in [1.165, 1.54) is 17.7 Å². The third-order valence-corrected chi connectivity index (χ3v) is 3.02. The Bertz CT molecular complexity index is 636. The van der Waals surface area contributed by atoms with Crippen LogP contribution < -0.4 is 0 Å². The molecule has 2 rings (SSSR count). The molecule has 0 aliphatic heterocycles. The number of rotatable bonds is 6. The lowest BCUT2D eigenvalue weighted by Crippen LogP contribution is -1.92. The van der Waals surface area contributed by atoms with Crippen LogP contribution in [0, 0.1) is 10.1 Å². The number of benzene rings is 2. The first-order valence-electron chi connectivity index (χ1n) is 6.66. The topological polar surface area (TPSA) is 64.7 Å². The van der Waals surface area contributed by atoms with Crippen molar-refractivity contribution in [1.82, 2.24) is 0 Å². The van der Waals surface area contributed by atoms with Gasteiger partial charge in [0.05, 0.1) is 11.1 Å². The molecule has 0 radical (unpaired) electrons. The lowest BCUT2D eigenvalue weighted by atomic mass is 10.1. The lowest BCUT2D eigenvalue weighted by Gasteiger charge is -2.00. The van der Waals surface area contributed by atoms with E-state index in [1.807, 2.05) is 24.3 Å². The molecule has 0 unspecified atom stereocenters. The summed E-state index contributed by atoms with van der Waals surface area (Å²) in [5.41, 5.74) is 2.98. The molecule has 0 spiro atoms. The Hall–Kier alpha value is -2.69. The first-order chi connectivity index (χ1) is 10.2. The molecule has 0 N–H and O–H groups in total. The van der Waals surface area contributed by atoms with E-state index in [4.69, 9.17) is 4.84 Å². The Balaban J connectivity index is 1.89. The third-order valence-electron chi connectivity index (χ3n) is 3.02. The highest BCUT2D eigenvalue weighted by molar-refractivity contribution is 5.79. The minimum absolute atomic E-state index is 0.0511. The van der Waals surface area contributed by atoms with Gasteiger partial charge in [0.15, 0.2) is 0 Å². The van der Waals surface area contributed by atoms with E-state index in [1.54, 1.807) is 18.3 Å². The maximum atomic E-state index is 10.7. The van der Waals surface area contributed by atoms with Crippen LogP contribution in [0.15, 0.2) is 53.7 Å². The first kappa shape index (κ1) is 14.7. The van der Waals surface area contributed by atoms with Gasteiger partial charge < -0.3 is 4.84 Å². The van der Waals surface area contributed by atoms with Crippen molar-refractivity contribution in [2.75, 3.05) is 0 Å². The molecular weight excluding hydrogens is 268 g/mol. The van der Waals surface area contributed by atoms with E-state index in [0.717, 1.165) is 12.0 Å². The van der Waals surface area contributed by atoms with Gasteiger partial charge in [0.2, 0.25) is 0 Å². The molecule has 21 heavy (non-hydrogen) atoms. The molecule has 2 aromatic rings. The molecule has 0 amide bonds. The van der Waals surface area contributed by atoms with Gasteiger partial charge in [0, 0.05) is 12.1 Å². The standard InChI is InChI=1S/C16H16N2O3/c1-2-13-6-8-14(9-7-13)11-17-21-12-15-4-3-5-16(10-15)18(19)20/h3-11H,2,12H2,1H3/b17-11-. The van der Waals surface area contributed by atoms with E-state index in [2.05, 4.69) is 12.1 Å². The van der Waals surface area contributed by atoms with Crippen LogP contribution in [0.4, 0.5) is 5.69 Å². The van der Waals surface area contributed by atoms with Gasteiger partial charge in [-0.25, -0.2) is 0 Å². The van der Waals surface area contributed by atoms with Gasteiger partial charge in [-0.15, -0.1) is 0 Å². The van der Waals surface area contributed by atoms with Crippen molar-refractivity contribution >= 4 is 11.9 Å². The van der Waals surface area contributed by atoms with Gasteiger partial charge in [0.25, 0.3) is 5.69 Å². The van der Waals surface area contributed by atoms with Crippen molar-refractivity contribution in [1.29, 1.82) is 0 Å². The van der Waals surface area contributed by atoms with Crippen molar-refractivity contribution in [3.8, 4) is 0 Å². The van der Waals surface area contributed by atoms with Crippen LogP contribution in [0.2, 0.25) is 0 Å². The van der Waals surface area contributed by atoms with Gasteiger partial charge in [-0.1, -0.05) is 48.5 Å². The molecule has 108 valence electrons. The minimum Gasteiger partial charge on any atom is -0.391 e. The van der Waals surface area contributed by atoms with Gasteiger partial charge in [0.1, 0.15) is 6.61 Å². The predicted octanol–water partition coefficient (Wildman–Crippen LogP) is 3.71. The summed E-state index contributed by atoms with van der Waals surface area (Å²) in [5, 5.41) is 14.5. The third kappa shape index (κ3) is 4.42. The molecule has 0 atom stereocenters. The Labute approximate surface area is 123 Å². The van der Waals surface area contributed by atoms with Gasteiger partial charge in [-0.2, -0.15) is 0 Å². The highest BCUT2D eigenvalue weighted by Crippen LogP contribution is 2.13. The van der Waals surface area contributed by atoms with Crippen LogP contribution in [-0.4, -0.2) is 11.1 Å². The Morgan fingerprint density at radius 2 is 1.95 bits per heavy atom. The Morgan fingerprint density at radius 1 is 1.19 bits per heavy atom. The van der Waals surface area contributed by atoms with E-state index >= 15 is 0 Å². The molecule has 0 fully saturated rings. The fourth-order valence-corrected chi connectivity index (χ4v) is 1.81. The summed E-state index contributed by atoms with van der Waals surface area (Å²) in [5.74, 6) is 0. The zero-order valence-corrected chi connectivity index (χ0v) is 11.7. The van der Waals surface area contributed by atoms with Crippen LogP contribution >= 0.6 is 0 Å². The fourth-order valence-electron chi connectivity index (χ4n) is 1.81. The average molecular weight is 284 g/mol. The SMILES string of the molecule is CCc1ccc(/C=N\OCc2cccc([N+](=O)[O-])c2)cc1. The normalized spacial score (nSPS) is 10.7. The molecule has 0 heterocycles. The van der Waals surface area contributed by atoms with Gasteiger partial charge in [-0.3, -0.25) is 10.1 Å². The number of non-ortho nitro benzene ring substituents is 1.